The van der Waals surface area contributed by atoms with E-state index in [0.29, 0.717) is 11.1 Å². The average Bonchev–Trinajstić information content (AvgIpc) is 3.23. The quantitative estimate of drug-likeness (QED) is 0.625. The second kappa shape index (κ2) is 6.40. The fourth-order valence-corrected chi connectivity index (χ4v) is 5.40. The smallest absolute Gasteiger partial charge is 0.131 e. The molecule has 0 saturated heterocycles. The zero-order valence-electron chi connectivity index (χ0n) is 12.6. The Labute approximate surface area is 148 Å². The molecule has 3 aromatic rings. The number of thiophene rings is 2. The SMILES string of the molecule is N[C@H]1CCC[C@H]1c1cc2nc(Cl)cc(NCc3cccs3)c2s1. The van der Waals surface area contributed by atoms with Gasteiger partial charge in [0.25, 0.3) is 0 Å². The predicted octanol–water partition coefficient (Wildman–Crippen LogP) is 5.22. The van der Waals surface area contributed by atoms with Gasteiger partial charge in [-0.15, -0.1) is 22.7 Å². The Morgan fingerprint density at radius 1 is 1.35 bits per heavy atom. The van der Waals surface area contributed by atoms with Crippen molar-refractivity contribution in [3.8, 4) is 0 Å². The molecular weight excluding hydrogens is 346 g/mol. The summed E-state index contributed by atoms with van der Waals surface area (Å²) >= 11 is 9.78. The first-order valence-corrected chi connectivity index (χ1v) is 9.90. The molecule has 0 amide bonds. The zero-order valence-corrected chi connectivity index (χ0v) is 15.0. The van der Waals surface area contributed by atoms with E-state index < -0.39 is 0 Å². The largest absolute Gasteiger partial charge is 0.379 e. The van der Waals surface area contributed by atoms with E-state index in [-0.39, 0.29) is 6.04 Å². The lowest BCUT2D eigenvalue weighted by molar-refractivity contribution is 0.622. The molecule has 4 rings (SSSR count). The van der Waals surface area contributed by atoms with Gasteiger partial charge in [0.1, 0.15) is 5.15 Å². The van der Waals surface area contributed by atoms with E-state index in [1.165, 1.54) is 27.3 Å². The highest BCUT2D eigenvalue weighted by atomic mass is 35.5. The Morgan fingerprint density at radius 2 is 2.26 bits per heavy atom. The van der Waals surface area contributed by atoms with Crippen molar-refractivity contribution in [2.45, 2.75) is 37.8 Å². The second-order valence-electron chi connectivity index (χ2n) is 5.99. The van der Waals surface area contributed by atoms with Crippen molar-refractivity contribution in [1.29, 1.82) is 0 Å². The van der Waals surface area contributed by atoms with E-state index in [1.54, 1.807) is 11.3 Å². The number of nitrogens with one attached hydrogen (secondary N) is 1. The van der Waals surface area contributed by atoms with Crippen molar-refractivity contribution < 1.29 is 0 Å². The molecule has 0 unspecified atom stereocenters. The standard InChI is InChI=1S/C17H18ClN3S2/c18-16-8-13(20-9-10-3-2-6-22-10)17-14(21-16)7-15(23-17)11-4-1-5-12(11)19/h2-3,6-8,11-12H,1,4-5,9,19H2,(H,20,21)/t11-,12+/m1/s1. The van der Waals surface area contributed by atoms with Gasteiger partial charge in [-0.25, -0.2) is 4.98 Å². The Balaban J connectivity index is 1.67. The summed E-state index contributed by atoms with van der Waals surface area (Å²) in [4.78, 5) is 7.15. The summed E-state index contributed by atoms with van der Waals surface area (Å²) in [7, 11) is 0. The first kappa shape index (κ1) is 15.4. The zero-order chi connectivity index (χ0) is 15.8. The summed E-state index contributed by atoms with van der Waals surface area (Å²) in [5.74, 6) is 0.470. The van der Waals surface area contributed by atoms with E-state index in [9.17, 15) is 0 Å². The van der Waals surface area contributed by atoms with Gasteiger partial charge in [0.15, 0.2) is 0 Å². The number of rotatable bonds is 4. The van der Waals surface area contributed by atoms with Gasteiger partial charge in [0.2, 0.25) is 0 Å². The van der Waals surface area contributed by atoms with Crippen LogP contribution in [0.15, 0.2) is 29.6 Å². The highest BCUT2D eigenvalue weighted by Crippen LogP contribution is 2.41. The highest BCUT2D eigenvalue weighted by molar-refractivity contribution is 7.19. The average molecular weight is 364 g/mol. The molecule has 2 atom stereocenters. The minimum atomic E-state index is 0.279. The molecule has 0 aromatic carbocycles. The van der Waals surface area contributed by atoms with Crippen LogP contribution in [0.25, 0.3) is 10.2 Å². The Kier molecular flexibility index (Phi) is 4.28. The molecule has 23 heavy (non-hydrogen) atoms. The van der Waals surface area contributed by atoms with Gasteiger partial charge in [-0.2, -0.15) is 0 Å². The number of hydrogen-bond donors (Lipinski definition) is 2. The maximum Gasteiger partial charge on any atom is 0.131 e. The van der Waals surface area contributed by atoms with Crippen LogP contribution in [-0.4, -0.2) is 11.0 Å². The summed E-state index contributed by atoms with van der Waals surface area (Å²) in [5.41, 5.74) is 8.31. The summed E-state index contributed by atoms with van der Waals surface area (Å²) in [6.45, 7) is 0.809. The van der Waals surface area contributed by atoms with Crippen molar-refractivity contribution >= 4 is 50.2 Å². The van der Waals surface area contributed by atoms with Crippen molar-refractivity contribution in [1.82, 2.24) is 4.98 Å². The molecule has 1 saturated carbocycles. The van der Waals surface area contributed by atoms with Crippen molar-refractivity contribution in [3.63, 3.8) is 0 Å². The normalized spacial score (nSPS) is 21.1. The van der Waals surface area contributed by atoms with Crippen LogP contribution in [-0.2, 0) is 6.54 Å². The van der Waals surface area contributed by atoms with E-state index in [2.05, 4.69) is 33.9 Å². The number of halogens is 1. The minimum absolute atomic E-state index is 0.279. The number of hydrogen-bond acceptors (Lipinski definition) is 5. The lowest BCUT2D eigenvalue weighted by Crippen LogP contribution is -2.21. The van der Waals surface area contributed by atoms with Gasteiger partial charge in [-0.3, -0.25) is 0 Å². The number of aromatic nitrogens is 1. The topological polar surface area (TPSA) is 50.9 Å². The number of pyridine rings is 1. The number of nitrogens with zero attached hydrogens (tertiary/aromatic N) is 1. The third-order valence-electron chi connectivity index (χ3n) is 4.43. The van der Waals surface area contributed by atoms with Crippen LogP contribution in [0.1, 0.15) is 34.9 Å². The second-order valence-corrected chi connectivity index (χ2v) is 8.49. The molecule has 1 fully saturated rings. The van der Waals surface area contributed by atoms with E-state index in [4.69, 9.17) is 17.3 Å². The van der Waals surface area contributed by atoms with Crippen LogP contribution >= 0.6 is 34.3 Å². The van der Waals surface area contributed by atoms with Crippen LogP contribution in [0.5, 0.6) is 0 Å². The Bertz CT molecular complexity index is 813. The van der Waals surface area contributed by atoms with Crippen molar-refractivity contribution in [2.24, 2.45) is 5.73 Å². The van der Waals surface area contributed by atoms with E-state index in [0.717, 1.165) is 24.2 Å². The first-order chi connectivity index (χ1) is 11.2. The van der Waals surface area contributed by atoms with Gasteiger partial charge in [0, 0.05) is 34.3 Å². The van der Waals surface area contributed by atoms with Crippen LogP contribution in [0.4, 0.5) is 5.69 Å². The van der Waals surface area contributed by atoms with Gasteiger partial charge >= 0.3 is 0 Å². The molecule has 0 spiro atoms. The Hall–Kier alpha value is -1.14. The van der Waals surface area contributed by atoms with Gasteiger partial charge in [0.05, 0.1) is 15.9 Å². The molecule has 0 aliphatic heterocycles. The monoisotopic (exact) mass is 363 g/mol. The van der Waals surface area contributed by atoms with Crippen LogP contribution < -0.4 is 11.1 Å². The van der Waals surface area contributed by atoms with Gasteiger partial charge < -0.3 is 11.1 Å². The first-order valence-electron chi connectivity index (χ1n) is 7.82. The third kappa shape index (κ3) is 3.11. The van der Waals surface area contributed by atoms with Crippen LogP contribution in [0, 0.1) is 0 Å². The fraction of sp³-hybridized carbons (Fsp3) is 0.353. The van der Waals surface area contributed by atoms with Crippen molar-refractivity contribution in [2.75, 3.05) is 5.32 Å². The van der Waals surface area contributed by atoms with Crippen LogP contribution in [0.3, 0.4) is 0 Å². The molecule has 0 bridgehead atoms. The maximum absolute atomic E-state index is 6.27. The number of anilines is 1. The lowest BCUT2D eigenvalue weighted by Gasteiger charge is -2.12. The minimum Gasteiger partial charge on any atom is -0.379 e. The molecule has 3 aromatic heterocycles. The summed E-state index contributed by atoms with van der Waals surface area (Å²) < 4.78 is 1.18. The summed E-state index contributed by atoms with van der Waals surface area (Å²) in [5, 5.41) is 6.14. The Morgan fingerprint density at radius 3 is 3.00 bits per heavy atom. The molecule has 0 radical (unpaired) electrons. The molecule has 120 valence electrons. The third-order valence-corrected chi connectivity index (χ3v) is 6.79. The lowest BCUT2D eigenvalue weighted by atomic mass is 10.0. The number of nitrogens with two attached hydrogens (primary N) is 1. The summed E-state index contributed by atoms with van der Waals surface area (Å²) in [6, 6.07) is 8.59. The summed E-state index contributed by atoms with van der Waals surface area (Å²) in [6.07, 6.45) is 3.52. The van der Waals surface area contributed by atoms with Crippen molar-refractivity contribution in [3.05, 3.63) is 44.6 Å². The van der Waals surface area contributed by atoms with Crippen LogP contribution in [0.2, 0.25) is 5.15 Å². The molecular formula is C17H18ClN3S2. The molecule has 3 N–H and O–H groups in total. The molecule has 6 heteroatoms. The molecule has 3 nitrogen and oxygen atoms in total. The van der Waals surface area contributed by atoms with E-state index in [1.807, 2.05) is 17.4 Å². The van der Waals surface area contributed by atoms with E-state index >= 15 is 0 Å². The number of fused-ring (bicyclic) bond motifs is 1. The molecule has 1 aliphatic rings. The molecule has 1 aliphatic carbocycles. The van der Waals surface area contributed by atoms with Gasteiger partial charge in [-0.1, -0.05) is 24.1 Å². The van der Waals surface area contributed by atoms with Gasteiger partial charge in [-0.05, 0) is 30.4 Å². The highest BCUT2D eigenvalue weighted by Gasteiger charge is 2.27. The fourth-order valence-electron chi connectivity index (χ4n) is 3.26. The predicted molar refractivity (Wildman–Crippen MR) is 101 cm³/mol. The molecule has 3 heterocycles. The maximum atomic E-state index is 6.27.